The van der Waals surface area contributed by atoms with E-state index in [1.807, 2.05) is 0 Å². The lowest BCUT2D eigenvalue weighted by Gasteiger charge is -2.29. The number of imide groups is 1. The monoisotopic (exact) mass is 258 g/mol. The van der Waals surface area contributed by atoms with E-state index in [0.29, 0.717) is 18.5 Å². The molecule has 1 saturated heterocycles. The van der Waals surface area contributed by atoms with E-state index in [1.165, 1.54) is 12.2 Å². The maximum atomic E-state index is 12.2. The van der Waals surface area contributed by atoms with Crippen molar-refractivity contribution in [2.75, 3.05) is 0 Å². The van der Waals surface area contributed by atoms with Crippen LogP contribution in [0.3, 0.4) is 0 Å². The highest BCUT2D eigenvalue weighted by atomic mass is 16.2. The number of piperidine rings is 1. The Morgan fingerprint density at radius 1 is 1.11 bits per heavy atom. The number of nitrogens with one attached hydrogen (secondary N) is 1. The molecule has 0 radical (unpaired) electrons. The zero-order valence-electron chi connectivity index (χ0n) is 10.4. The predicted octanol–water partition coefficient (Wildman–Crippen LogP) is 0.816. The molecule has 1 atom stereocenters. The van der Waals surface area contributed by atoms with Crippen LogP contribution in [0.2, 0.25) is 0 Å². The van der Waals surface area contributed by atoms with Crippen LogP contribution in [-0.2, 0) is 14.4 Å². The van der Waals surface area contributed by atoms with Crippen LogP contribution in [0.5, 0.6) is 0 Å². The van der Waals surface area contributed by atoms with Crippen molar-refractivity contribution < 1.29 is 14.4 Å². The molecule has 0 aromatic carbocycles. The zero-order chi connectivity index (χ0) is 14.2. The molecule has 0 saturated carbocycles. The van der Waals surface area contributed by atoms with Crippen LogP contribution in [0.4, 0.5) is 0 Å². The lowest BCUT2D eigenvalue weighted by atomic mass is 10.0. The number of nitrogens with zero attached hydrogens (tertiary/aromatic N) is 1. The van der Waals surface area contributed by atoms with Gasteiger partial charge in [-0.2, -0.15) is 0 Å². The average molecular weight is 258 g/mol. The standard InChI is InChI=1S/C14H14N2O3/c1-4-9-10(5-2)14(19)16(13(9)18)11-7-6-8(3)15-12(11)17/h4-5,11H,1-3,6-7H2,(H,15,17). The third kappa shape index (κ3) is 1.93. The summed E-state index contributed by atoms with van der Waals surface area (Å²) in [6, 6.07) is -0.794. The molecule has 1 unspecified atom stereocenters. The van der Waals surface area contributed by atoms with Crippen molar-refractivity contribution >= 4 is 17.7 Å². The first kappa shape index (κ1) is 13.0. The Kier molecular flexibility index (Phi) is 3.21. The van der Waals surface area contributed by atoms with Crippen LogP contribution >= 0.6 is 0 Å². The second kappa shape index (κ2) is 4.68. The van der Waals surface area contributed by atoms with E-state index in [4.69, 9.17) is 0 Å². The minimum absolute atomic E-state index is 0.192. The fraction of sp³-hybridized carbons (Fsp3) is 0.214. The summed E-state index contributed by atoms with van der Waals surface area (Å²) in [5.41, 5.74) is 0.982. The molecule has 5 nitrogen and oxygen atoms in total. The summed E-state index contributed by atoms with van der Waals surface area (Å²) < 4.78 is 0. The normalized spacial score (nSPS) is 23.8. The predicted molar refractivity (Wildman–Crippen MR) is 69.6 cm³/mol. The molecule has 2 rings (SSSR count). The Labute approximate surface area is 111 Å². The third-order valence-electron chi connectivity index (χ3n) is 3.23. The molecule has 0 aliphatic carbocycles. The summed E-state index contributed by atoms with van der Waals surface area (Å²) >= 11 is 0. The van der Waals surface area contributed by atoms with Gasteiger partial charge in [0.2, 0.25) is 5.91 Å². The fourth-order valence-electron chi connectivity index (χ4n) is 2.27. The van der Waals surface area contributed by atoms with Crippen molar-refractivity contribution in [2.24, 2.45) is 0 Å². The van der Waals surface area contributed by atoms with Crippen molar-refractivity contribution in [3.8, 4) is 0 Å². The molecule has 0 bridgehead atoms. The summed E-state index contributed by atoms with van der Waals surface area (Å²) in [5, 5.41) is 2.56. The van der Waals surface area contributed by atoms with E-state index in [1.54, 1.807) is 0 Å². The van der Waals surface area contributed by atoms with Gasteiger partial charge in [0, 0.05) is 5.70 Å². The van der Waals surface area contributed by atoms with E-state index in [-0.39, 0.29) is 17.1 Å². The summed E-state index contributed by atoms with van der Waals surface area (Å²) in [6.07, 6.45) is 3.56. The molecule has 2 heterocycles. The van der Waals surface area contributed by atoms with Crippen LogP contribution in [-0.4, -0.2) is 28.7 Å². The first-order valence-electron chi connectivity index (χ1n) is 5.87. The summed E-state index contributed by atoms with van der Waals surface area (Å²) in [4.78, 5) is 37.2. The molecule has 1 fully saturated rings. The van der Waals surface area contributed by atoms with Crippen LogP contribution in [0.15, 0.2) is 48.7 Å². The topological polar surface area (TPSA) is 66.5 Å². The molecule has 98 valence electrons. The summed E-state index contributed by atoms with van der Waals surface area (Å²) in [7, 11) is 0. The van der Waals surface area contributed by atoms with Gasteiger partial charge in [0.05, 0.1) is 11.1 Å². The molecular weight excluding hydrogens is 244 g/mol. The van der Waals surface area contributed by atoms with Crippen molar-refractivity contribution in [3.63, 3.8) is 0 Å². The number of hydrogen-bond donors (Lipinski definition) is 1. The summed E-state index contributed by atoms with van der Waals surface area (Å²) in [5.74, 6) is -1.38. The minimum atomic E-state index is -0.794. The maximum absolute atomic E-state index is 12.2. The van der Waals surface area contributed by atoms with E-state index >= 15 is 0 Å². The van der Waals surface area contributed by atoms with Crippen molar-refractivity contribution in [2.45, 2.75) is 18.9 Å². The molecule has 0 aromatic heterocycles. The van der Waals surface area contributed by atoms with Gasteiger partial charge in [-0.05, 0) is 12.8 Å². The molecular formula is C14H14N2O3. The Morgan fingerprint density at radius 3 is 2.05 bits per heavy atom. The van der Waals surface area contributed by atoms with E-state index in [2.05, 4.69) is 25.1 Å². The van der Waals surface area contributed by atoms with Crippen molar-refractivity contribution in [1.29, 1.82) is 0 Å². The van der Waals surface area contributed by atoms with Crippen LogP contribution in [0, 0.1) is 0 Å². The number of rotatable bonds is 3. The van der Waals surface area contributed by atoms with Gasteiger partial charge in [-0.1, -0.05) is 31.9 Å². The number of allylic oxidation sites excluding steroid dienone is 1. The van der Waals surface area contributed by atoms with Gasteiger partial charge in [0.1, 0.15) is 6.04 Å². The van der Waals surface area contributed by atoms with E-state index in [0.717, 1.165) is 4.90 Å². The quantitative estimate of drug-likeness (QED) is 0.762. The third-order valence-corrected chi connectivity index (χ3v) is 3.23. The lowest BCUT2D eigenvalue weighted by molar-refractivity contribution is -0.146. The molecule has 0 spiro atoms. The molecule has 3 amide bonds. The Bertz CT molecular complexity index is 527. The van der Waals surface area contributed by atoms with Crippen LogP contribution in [0.1, 0.15) is 12.8 Å². The second-order valence-corrected chi connectivity index (χ2v) is 4.36. The molecule has 2 aliphatic rings. The zero-order valence-corrected chi connectivity index (χ0v) is 10.4. The van der Waals surface area contributed by atoms with Crippen LogP contribution < -0.4 is 5.32 Å². The molecule has 2 aliphatic heterocycles. The molecule has 19 heavy (non-hydrogen) atoms. The van der Waals surface area contributed by atoms with E-state index in [9.17, 15) is 14.4 Å². The molecule has 1 N–H and O–H groups in total. The van der Waals surface area contributed by atoms with Gasteiger partial charge in [0.15, 0.2) is 0 Å². The summed E-state index contributed by atoms with van der Waals surface area (Å²) in [6.45, 7) is 10.7. The molecule has 5 heteroatoms. The first-order chi connectivity index (χ1) is 9.01. The lowest BCUT2D eigenvalue weighted by Crippen LogP contribution is -2.52. The highest BCUT2D eigenvalue weighted by Gasteiger charge is 2.43. The van der Waals surface area contributed by atoms with Gasteiger partial charge >= 0.3 is 0 Å². The second-order valence-electron chi connectivity index (χ2n) is 4.36. The number of amides is 3. The Morgan fingerprint density at radius 2 is 1.63 bits per heavy atom. The SMILES string of the molecule is C=CC1=C(C=C)C(=O)N(C2CCC(=C)NC2=O)C1=O. The average Bonchev–Trinajstić information content (AvgIpc) is 2.61. The largest absolute Gasteiger partial charge is 0.329 e. The van der Waals surface area contributed by atoms with Gasteiger partial charge < -0.3 is 5.32 Å². The van der Waals surface area contributed by atoms with Gasteiger partial charge in [-0.25, -0.2) is 0 Å². The minimum Gasteiger partial charge on any atom is -0.329 e. The van der Waals surface area contributed by atoms with Gasteiger partial charge in [-0.3, -0.25) is 19.3 Å². The van der Waals surface area contributed by atoms with Crippen LogP contribution in [0.25, 0.3) is 0 Å². The number of carbonyl (C=O) groups is 3. The highest BCUT2D eigenvalue weighted by molar-refractivity contribution is 6.23. The number of hydrogen-bond acceptors (Lipinski definition) is 3. The van der Waals surface area contributed by atoms with Gasteiger partial charge in [0.25, 0.3) is 11.8 Å². The van der Waals surface area contributed by atoms with Crippen molar-refractivity contribution in [1.82, 2.24) is 10.2 Å². The number of carbonyl (C=O) groups excluding carboxylic acids is 3. The molecule has 0 aromatic rings. The smallest absolute Gasteiger partial charge is 0.262 e. The first-order valence-corrected chi connectivity index (χ1v) is 5.87. The van der Waals surface area contributed by atoms with Gasteiger partial charge in [-0.15, -0.1) is 0 Å². The maximum Gasteiger partial charge on any atom is 0.262 e. The highest BCUT2D eigenvalue weighted by Crippen LogP contribution is 2.27. The van der Waals surface area contributed by atoms with Crippen molar-refractivity contribution in [3.05, 3.63) is 48.7 Å². The Hall–Kier alpha value is -2.43. The fourth-order valence-corrected chi connectivity index (χ4v) is 2.27. The van der Waals surface area contributed by atoms with E-state index < -0.39 is 17.9 Å². The Balaban J connectivity index is 2.34.